The lowest BCUT2D eigenvalue weighted by Gasteiger charge is -2.14. The first-order valence-corrected chi connectivity index (χ1v) is 7.90. The van der Waals surface area contributed by atoms with Crippen LogP contribution >= 0.6 is 0 Å². The van der Waals surface area contributed by atoms with E-state index >= 15 is 0 Å². The molecule has 2 heterocycles. The number of nitrogens with zero attached hydrogens (tertiary/aromatic N) is 3. The third-order valence-corrected chi connectivity index (χ3v) is 4.60. The number of rotatable bonds is 2. The zero-order valence-corrected chi connectivity index (χ0v) is 12.4. The molecule has 0 unspecified atom stereocenters. The normalized spacial score (nSPS) is 17.0. The topological polar surface area (TPSA) is 38.1 Å². The Morgan fingerprint density at radius 2 is 1.77 bits per heavy atom. The fourth-order valence-electron chi connectivity index (χ4n) is 3.48. The molecule has 0 radical (unpaired) electrons. The molecule has 1 aliphatic carbocycles. The first-order chi connectivity index (χ1) is 10.7. The number of fused-ring (bicyclic) bond motifs is 1. The molecule has 1 aliphatic heterocycles. The minimum atomic E-state index is -0.263. The van der Waals surface area contributed by atoms with Crippen molar-refractivity contribution in [3.63, 3.8) is 0 Å². The molecule has 0 atom stereocenters. The van der Waals surface area contributed by atoms with Crippen molar-refractivity contribution >= 4 is 5.91 Å². The molecule has 114 valence electrons. The van der Waals surface area contributed by atoms with Gasteiger partial charge in [-0.2, -0.15) is 5.10 Å². The highest BCUT2D eigenvalue weighted by molar-refractivity contribution is 5.94. The Hall–Kier alpha value is -2.17. The highest BCUT2D eigenvalue weighted by atomic mass is 19.1. The first kappa shape index (κ1) is 13.5. The second-order valence-corrected chi connectivity index (χ2v) is 6.01. The van der Waals surface area contributed by atoms with Crippen LogP contribution < -0.4 is 0 Å². The number of carbonyl (C=O) groups is 1. The van der Waals surface area contributed by atoms with E-state index in [1.165, 1.54) is 12.1 Å². The van der Waals surface area contributed by atoms with E-state index in [9.17, 15) is 9.18 Å². The van der Waals surface area contributed by atoms with Gasteiger partial charge in [-0.15, -0.1) is 0 Å². The molecule has 1 aromatic heterocycles. The Morgan fingerprint density at radius 3 is 2.50 bits per heavy atom. The number of aromatic nitrogens is 2. The van der Waals surface area contributed by atoms with E-state index in [2.05, 4.69) is 5.10 Å². The average molecular weight is 299 g/mol. The number of hydrogen-bond acceptors (Lipinski definition) is 2. The van der Waals surface area contributed by atoms with Crippen LogP contribution in [0.25, 0.3) is 5.69 Å². The minimum Gasteiger partial charge on any atom is -0.337 e. The molecule has 1 aromatic carbocycles. The third-order valence-electron chi connectivity index (χ3n) is 4.60. The van der Waals surface area contributed by atoms with Gasteiger partial charge < -0.3 is 4.90 Å². The summed E-state index contributed by atoms with van der Waals surface area (Å²) < 4.78 is 14.9. The molecule has 2 aliphatic rings. The number of likely N-dealkylation sites (tertiary alicyclic amines) is 1. The van der Waals surface area contributed by atoms with Crippen molar-refractivity contribution in [3.05, 3.63) is 47.0 Å². The molecule has 0 saturated carbocycles. The molecule has 0 N–H and O–H groups in total. The minimum absolute atomic E-state index is 0.0523. The fraction of sp³-hybridized carbons (Fsp3) is 0.412. The summed E-state index contributed by atoms with van der Waals surface area (Å²) in [7, 11) is 0. The van der Waals surface area contributed by atoms with Crippen LogP contribution in [0.5, 0.6) is 0 Å². The molecular formula is C17H18FN3O. The first-order valence-electron chi connectivity index (χ1n) is 7.90. The van der Waals surface area contributed by atoms with Gasteiger partial charge in [-0.05, 0) is 56.4 Å². The van der Waals surface area contributed by atoms with Crippen LogP contribution in [0, 0.1) is 5.82 Å². The van der Waals surface area contributed by atoms with Crippen molar-refractivity contribution in [2.75, 3.05) is 13.1 Å². The predicted molar refractivity (Wildman–Crippen MR) is 80.7 cm³/mol. The van der Waals surface area contributed by atoms with Crippen LogP contribution in [0.1, 0.15) is 41.0 Å². The van der Waals surface area contributed by atoms with Crippen LogP contribution in [0.4, 0.5) is 4.39 Å². The zero-order valence-electron chi connectivity index (χ0n) is 12.4. The van der Waals surface area contributed by atoms with Crippen molar-refractivity contribution in [1.82, 2.24) is 14.7 Å². The molecule has 1 amide bonds. The van der Waals surface area contributed by atoms with E-state index in [1.54, 1.807) is 12.1 Å². The van der Waals surface area contributed by atoms with Gasteiger partial charge in [0.2, 0.25) is 0 Å². The molecule has 4 rings (SSSR count). The summed E-state index contributed by atoms with van der Waals surface area (Å²) in [5, 5.41) is 4.58. The Balaban J connectivity index is 1.76. The van der Waals surface area contributed by atoms with Gasteiger partial charge in [-0.25, -0.2) is 9.07 Å². The monoisotopic (exact) mass is 299 g/mol. The smallest absolute Gasteiger partial charge is 0.274 e. The lowest BCUT2D eigenvalue weighted by Crippen LogP contribution is -2.28. The Labute approximate surface area is 128 Å². The highest BCUT2D eigenvalue weighted by Crippen LogP contribution is 2.29. The lowest BCUT2D eigenvalue weighted by molar-refractivity contribution is 0.0785. The van der Waals surface area contributed by atoms with Crippen LogP contribution in [0.2, 0.25) is 0 Å². The molecule has 5 heteroatoms. The highest BCUT2D eigenvalue weighted by Gasteiger charge is 2.30. The Morgan fingerprint density at radius 1 is 1.05 bits per heavy atom. The van der Waals surface area contributed by atoms with Crippen LogP contribution in [-0.4, -0.2) is 33.7 Å². The second kappa shape index (κ2) is 5.23. The number of halogens is 1. The van der Waals surface area contributed by atoms with E-state index < -0.39 is 0 Å². The SMILES string of the molecule is O=C(c1nn(-c2ccc(F)cc2)c2c1CCC2)N1CCCC1. The maximum Gasteiger partial charge on any atom is 0.274 e. The summed E-state index contributed by atoms with van der Waals surface area (Å²) in [6.07, 6.45) is 5.03. The van der Waals surface area contributed by atoms with E-state index in [0.717, 1.165) is 62.1 Å². The van der Waals surface area contributed by atoms with Crippen molar-refractivity contribution in [1.29, 1.82) is 0 Å². The van der Waals surface area contributed by atoms with E-state index in [1.807, 2.05) is 9.58 Å². The predicted octanol–water partition coefficient (Wildman–Crippen LogP) is 2.74. The number of hydrogen-bond donors (Lipinski definition) is 0. The lowest BCUT2D eigenvalue weighted by atomic mass is 10.2. The standard InChI is InChI=1S/C17H18FN3O/c18-12-6-8-13(9-7-12)21-15-5-3-4-14(15)16(19-21)17(22)20-10-1-2-11-20/h6-9H,1-5,10-11H2. The fourth-order valence-corrected chi connectivity index (χ4v) is 3.48. The van der Waals surface area contributed by atoms with Gasteiger partial charge in [-0.3, -0.25) is 4.79 Å². The Kier molecular flexibility index (Phi) is 3.21. The molecule has 1 fully saturated rings. The largest absolute Gasteiger partial charge is 0.337 e. The summed E-state index contributed by atoms with van der Waals surface area (Å²) in [5.41, 5.74) is 3.61. The summed E-state index contributed by atoms with van der Waals surface area (Å²) >= 11 is 0. The van der Waals surface area contributed by atoms with E-state index in [-0.39, 0.29) is 11.7 Å². The summed E-state index contributed by atoms with van der Waals surface area (Å²) in [4.78, 5) is 14.6. The van der Waals surface area contributed by atoms with Gasteiger partial charge in [0.15, 0.2) is 5.69 Å². The molecule has 0 spiro atoms. The van der Waals surface area contributed by atoms with Crippen LogP contribution in [0.15, 0.2) is 24.3 Å². The molecule has 22 heavy (non-hydrogen) atoms. The van der Waals surface area contributed by atoms with Crippen molar-refractivity contribution in [3.8, 4) is 5.69 Å². The average Bonchev–Trinajstić information content (AvgIpc) is 3.25. The van der Waals surface area contributed by atoms with Gasteiger partial charge in [0.25, 0.3) is 5.91 Å². The number of benzene rings is 1. The van der Waals surface area contributed by atoms with Crippen molar-refractivity contribution in [2.45, 2.75) is 32.1 Å². The number of amides is 1. The maximum absolute atomic E-state index is 13.1. The van der Waals surface area contributed by atoms with Gasteiger partial charge in [0.05, 0.1) is 5.69 Å². The molecule has 4 nitrogen and oxygen atoms in total. The van der Waals surface area contributed by atoms with Crippen LogP contribution in [0.3, 0.4) is 0 Å². The third kappa shape index (κ3) is 2.12. The number of carbonyl (C=O) groups excluding carboxylic acids is 1. The maximum atomic E-state index is 13.1. The quantitative estimate of drug-likeness (QED) is 0.855. The molecule has 0 bridgehead atoms. The van der Waals surface area contributed by atoms with Gasteiger partial charge in [0.1, 0.15) is 5.82 Å². The molecule has 2 aromatic rings. The summed E-state index contributed by atoms with van der Waals surface area (Å²) in [6, 6.07) is 6.29. The van der Waals surface area contributed by atoms with Crippen molar-refractivity contribution in [2.24, 2.45) is 0 Å². The summed E-state index contributed by atoms with van der Waals surface area (Å²) in [5.74, 6) is -0.211. The zero-order chi connectivity index (χ0) is 15.1. The Bertz CT molecular complexity index is 714. The molecular weight excluding hydrogens is 281 g/mol. The van der Waals surface area contributed by atoms with E-state index in [0.29, 0.717) is 5.69 Å². The summed E-state index contributed by atoms with van der Waals surface area (Å²) in [6.45, 7) is 1.66. The van der Waals surface area contributed by atoms with E-state index in [4.69, 9.17) is 0 Å². The van der Waals surface area contributed by atoms with Gasteiger partial charge in [-0.1, -0.05) is 0 Å². The van der Waals surface area contributed by atoms with Gasteiger partial charge >= 0.3 is 0 Å². The second-order valence-electron chi connectivity index (χ2n) is 6.01. The molecule has 1 saturated heterocycles. The van der Waals surface area contributed by atoms with Crippen molar-refractivity contribution < 1.29 is 9.18 Å². The van der Waals surface area contributed by atoms with Gasteiger partial charge in [0, 0.05) is 24.3 Å². The van der Waals surface area contributed by atoms with Crippen LogP contribution in [-0.2, 0) is 12.8 Å².